The third kappa shape index (κ3) is 10.7. The number of hydrogen-bond donors (Lipinski definition) is 3. The van der Waals surface area contributed by atoms with Crippen LogP contribution in [0.5, 0.6) is 0 Å². The van der Waals surface area contributed by atoms with Crippen LogP contribution in [0.4, 0.5) is 29.0 Å². The number of aryl methyl sites for hydroxylation is 2. The topological polar surface area (TPSA) is 151 Å². The molecule has 5 heterocycles. The van der Waals surface area contributed by atoms with Gasteiger partial charge in [-0.15, -0.1) is 0 Å². The first-order chi connectivity index (χ1) is 28.3. The van der Waals surface area contributed by atoms with Crippen LogP contribution in [0, 0.1) is 13.8 Å². The van der Waals surface area contributed by atoms with Gasteiger partial charge in [-0.1, -0.05) is 42.5 Å². The maximum absolute atomic E-state index is 13.0. The molecule has 0 amide bonds. The molecule has 58 heavy (non-hydrogen) atoms. The third-order valence-electron chi connectivity index (χ3n) is 9.92. The van der Waals surface area contributed by atoms with Crippen LogP contribution in [-0.2, 0) is 13.0 Å². The van der Waals surface area contributed by atoms with Gasteiger partial charge in [-0.2, -0.15) is 0 Å². The number of aromatic nitrogens is 6. The number of nitrogens with zero attached hydrogens (tertiary/aromatic N) is 8. The standard InChI is InChI=1S/C30H32N6O.C16H15N5/c1-22-5-6-24(18-28(22)34-30-32-13-11-27(33-30)26-4-3-12-31-20-26)19-29(37)25-9-7-23(8-10-25)21-36-16-14-35(2)15-17-36;1-11-4-5-13(17)9-15(11)21-16-19-8-6-14(20-16)12-3-2-7-18-10-12/h3-13,18,20H,14-17,19,21H2,1-2H3,(H,32,33,34);2-10H,17H2,1H3,(H,19,20,21). The number of anilines is 5. The van der Waals surface area contributed by atoms with E-state index in [-0.39, 0.29) is 5.78 Å². The number of ketones is 1. The van der Waals surface area contributed by atoms with Crippen molar-refractivity contribution in [3.8, 4) is 22.5 Å². The predicted molar refractivity (Wildman–Crippen MR) is 231 cm³/mol. The smallest absolute Gasteiger partial charge is 0.227 e. The van der Waals surface area contributed by atoms with E-state index >= 15 is 0 Å². The number of benzene rings is 3. The minimum atomic E-state index is 0.107. The van der Waals surface area contributed by atoms with Crippen molar-refractivity contribution in [3.63, 3.8) is 0 Å². The zero-order valence-corrected chi connectivity index (χ0v) is 33.0. The Bertz CT molecular complexity index is 2440. The molecular formula is C46H47N11O. The summed E-state index contributed by atoms with van der Waals surface area (Å²) >= 11 is 0. The Labute approximate surface area is 339 Å². The van der Waals surface area contributed by atoms with Crippen molar-refractivity contribution < 1.29 is 4.79 Å². The summed E-state index contributed by atoms with van der Waals surface area (Å²) in [6.45, 7) is 9.34. The van der Waals surface area contributed by atoms with E-state index in [2.05, 4.69) is 69.5 Å². The van der Waals surface area contributed by atoms with Crippen molar-refractivity contribution >= 4 is 34.7 Å². The van der Waals surface area contributed by atoms with Gasteiger partial charge < -0.3 is 21.3 Å². The van der Waals surface area contributed by atoms with Gasteiger partial charge in [0.1, 0.15) is 0 Å². The third-order valence-corrected chi connectivity index (χ3v) is 9.92. The highest BCUT2D eigenvalue weighted by Crippen LogP contribution is 2.25. The molecule has 1 saturated heterocycles. The molecule has 4 aromatic heterocycles. The van der Waals surface area contributed by atoms with E-state index < -0.39 is 0 Å². The van der Waals surface area contributed by atoms with E-state index in [1.54, 1.807) is 37.2 Å². The van der Waals surface area contributed by atoms with E-state index in [0.717, 1.165) is 88.9 Å². The summed E-state index contributed by atoms with van der Waals surface area (Å²) in [5, 5.41) is 6.52. The van der Waals surface area contributed by atoms with Crippen molar-refractivity contribution in [2.45, 2.75) is 26.8 Å². The van der Waals surface area contributed by atoms with Crippen molar-refractivity contribution in [1.29, 1.82) is 0 Å². The van der Waals surface area contributed by atoms with Crippen LogP contribution in [0.15, 0.2) is 134 Å². The molecule has 7 aromatic rings. The Morgan fingerprint density at radius 2 is 1.21 bits per heavy atom. The quantitative estimate of drug-likeness (QED) is 0.0866. The van der Waals surface area contributed by atoms with Gasteiger partial charge in [-0.05, 0) is 97.7 Å². The van der Waals surface area contributed by atoms with Crippen LogP contribution in [0.2, 0.25) is 0 Å². The zero-order valence-electron chi connectivity index (χ0n) is 33.0. The summed E-state index contributed by atoms with van der Waals surface area (Å²) in [7, 11) is 2.17. The van der Waals surface area contributed by atoms with Gasteiger partial charge in [0, 0.05) is 110 Å². The van der Waals surface area contributed by atoms with Crippen molar-refractivity contribution in [3.05, 3.63) is 162 Å². The van der Waals surface area contributed by atoms with E-state index in [1.165, 1.54) is 5.56 Å². The second kappa shape index (κ2) is 18.8. The van der Waals surface area contributed by atoms with Crippen LogP contribution >= 0.6 is 0 Å². The Morgan fingerprint density at radius 3 is 1.78 bits per heavy atom. The number of likely N-dealkylation sites (N-methyl/N-ethyl adjacent to an activating group) is 1. The first kappa shape index (κ1) is 39.3. The Hall–Kier alpha value is -6.89. The molecule has 3 aromatic carbocycles. The highest BCUT2D eigenvalue weighted by Gasteiger charge is 2.15. The van der Waals surface area contributed by atoms with Gasteiger partial charge in [-0.25, -0.2) is 19.9 Å². The maximum Gasteiger partial charge on any atom is 0.227 e. The summed E-state index contributed by atoms with van der Waals surface area (Å²) in [5.41, 5.74) is 16.9. The number of nitrogen functional groups attached to an aromatic ring is 1. The summed E-state index contributed by atoms with van der Waals surface area (Å²) in [5.74, 6) is 1.14. The molecule has 1 fully saturated rings. The van der Waals surface area contributed by atoms with E-state index in [9.17, 15) is 4.79 Å². The van der Waals surface area contributed by atoms with Crippen molar-refractivity contribution in [2.75, 3.05) is 49.6 Å². The summed E-state index contributed by atoms with van der Waals surface area (Å²) in [6.07, 6.45) is 10.8. The molecule has 0 atom stereocenters. The van der Waals surface area contributed by atoms with E-state index in [1.807, 2.05) is 98.8 Å². The number of carbonyl (C=O) groups excluding carboxylic acids is 1. The fraction of sp³-hybridized carbons (Fsp3) is 0.196. The maximum atomic E-state index is 13.0. The average molecular weight is 770 g/mol. The molecule has 8 rings (SSSR count). The molecular weight excluding hydrogens is 723 g/mol. The Balaban J connectivity index is 0.000000206. The molecule has 12 nitrogen and oxygen atoms in total. The number of hydrogen-bond acceptors (Lipinski definition) is 12. The minimum Gasteiger partial charge on any atom is -0.399 e. The fourth-order valence-electron chi connectivity index (χ4n) is 6.46. The van der Waals surface area contributed by atoms with E-state index in [4.69, 9.17) is 5.73 Å². The lowest BCUT2D eigenvalue weighted by Crippen LogP contribution is -2.43. The molecule has 0 spiro atoms. The normalized spacial score (nSPS) is 12.9. The first-order valence-electron chi connectivity index (χ1n) is 19.3. The Kier molecular flexibility index (Phi) is 12.8. The van der Waals surface area contributed by atoms with Gasteiger partial charge in [0.25, 0.3) is 0 Å². The molecule has 1 aliphatic rings. The molecule has 0 unspecified atom stereocenters. The SMILES string of the molecule is Cc1ccc(CC(=O)c2ccc(CN3CCN(C)CC3)cc2)cc1Nc1nccc(-c2cccnc2)n1.Cc1ccc(N)cc1Nc1nccc(-c2cccnc2)n1. The average Bonchev–Trinajstić information content (AvgIpc) is 3.25. The van der Waals surface area contributed by atoms with Crippen LogP contribution in [0.3, 0.4) is 0 Å². The molecule has 1 aliphatic heterocycles. The van der Waals surface area contributed by atoms with Crippen LogP contribution in [0.1, 0.15) is 32.6 Å². The zero-order chi connectivity index (χ0) is 40.3. The second-order valence-corrected chi connectivity index (χ2v) is 14.4. The number of piperazine rings is 1. The lowest BCUT2D eigenvalue weighted by Gasteiger charge is -2.32. The van der Waals surface area contributed by atoms with Gasteiger partial charge in [0.2, 0.25) is 11.9 Å². The Morgan fingerprint density at radius 1 is 0.655 bits per heavy atom. The monoisotopic (exact) mass is 769 g/mol. The molecule has 0 bridgehead atoms. The lowest BCUT2D eigenvalue weighted by atomic mass is 10.00. The fourth-order valence-corrected chi connectivity index (χ4v) is 6.46. The summed E-state index contributed by atoms with van der Waals surface area (Å²) in [6, 6.07) is 31.2. The minimum absolute atomic E-state index is 0.107. The largest absolute Gasteiger partial charge is 0.399 e. The van der Waals surface area contributed by atoms with Crippen LogP contribution < -0.4 is 16.4 Å². The van der Waals surface area contributed by atoms with Gasteiger partial charge in [0.15, 0.2) is 5.78 Å². The number of pyridine rings is 2. The van der Waals surface area contributed by atoms with Gasteiger partial charge >= 0.3 is 0 Å². The van der Waals surface area contributed by atoms with Crippen molar-refractivity contribution in [1.82, 2.24) is 39.7 Å². The van der Waals surface area contributed by atoms with Crippen LogP contribution in [-0.4, -0.2) is 78.7 Å². The molecule has 0 saturated carbocycles. The highest BCUT2D eigenvalue weighted by molar-refractivity contribution is 5.97. The number of nitrogens with one attached hydrogen (secondary N) is 2. The summed E-state index contributed by atoms with van der Waals surface area (Å²) < 4.78 is 0. The molecule has 4 N–H and O–H groups in total. The molecule has 0 aliphatic carbocycles. The lowest BCUT2D eigenvalue weighted by molar-refractivity contribution is 0.0993. The number of rotatable bonds is 11. The van der Waals surface area contributed by atoms with Gasteiger partial charge in [-0.3, -0.25) is 19.7 Å². The second-order valence-electron chi connectivity index (χ2n) is 14.4. The highest BCUT2D eigenvalue weighted by atomic mass is 16.1. The van der Waals surface area contributed by atoms with Crippen LogP contribution in [0.25, 0.3) is 22.5 Å². The molecule has 0 radical (unpaired) electrons. The first-order valence-corrected chi connectivity index (χ1v) is 19.3. The van der Waals surface area contributed by atoms with E-state index in [0.29, 0.717) is 24.0 Å². The predicted octanol–water partition coefficient (Wildman–Crippen LogP) is 7.94. The molecule has 292 valence electrons. The van der Waals surface area contributed by atoms with Crippen molar-refractivity contribution in [2.24, 2.45) is 0 Å². The summed E-state index contributed by atoms with van der Waals surface area (Å²) in [4.78, 5) is 43.9. The number of carbonyl (C=O) groups is 1. The number of nitrogens with two attached hydrogens (primary N) is 1. The molecule has 12 heteroatoms. The van der Waals surface area contributed by atoms with Gasteiger partial charge in [0.05, 0.1) is 11.4 Å². The number of Topliss-reactive ketones (excluding diaryl/α,β-unsaturated/α-hetero) is 1.